The molecule has 1 saturated heterocycles. The van der Waals surface area contributed by atoms with Gasteiger partial charge < -0.3 is 10.6 Å². The van der Waals surface area contributed by atoms with Crippen LogP contribution in [-0.4, -0.2) is 17.6 Å². The highest BCUT2D eigenvalue weighted by atomic mass is 32.1. The largest absolute Gasteiger partial charge is 0.389 e. The van der Waals surface area contributed by atoms with Gasteiger partial charge in [-0.25, -0.2) is 0 Å². The quantitative estimate of drug-likeness (QED) is 0.842. The highest BCUT2D eigenvalue weighted by Crippen LogP contribution is 2.27. The second-order valence-corrected chi connectivity index (χ2v) is 5.48. The van der Waals surface area contributed by atoms with Crippen molar-refractivity contribution in [1.82, 2.24) is 0 Å². The van der Waals surface area contributed by atoms with Gasteiger partial charge in [-0.15, -0.1) is 0 Å². The van der Waals surface area contributed by atoms with E-state index >= 15 is 0 Å². The Hall–Kier alpha value is -1.09. The van der Waals surface area contributed by atoms with Crippen molar-refractivity contribution in [2.45, 2.75) is 45.1 Å². The predicted molar refractivity (Wildman–Crippen MR) is 82.2 cm³/mol. The van der Waals surface area contributed by atoms with Crippen LogP contribution in [0.5, 0.6) is 0 Å². The fourth-order valence-electron chi connectivity index (χ4n) is 2.79. The Morgan fingerprint density at radius 3 is 2.67 bits per heavy atom. The first kappa shape index (κ1) is 13.3. The number of thiocarbonyl (C=S) groups is 1. The van der Waals surface area contributed by atoms with Gasteiger partial charge in [-0.3, -0.25) is 0 Å². The van der Waals surface area contributed by atoms with Crippen LogP contribution in [0.4, 0.5) is 5.69 Å². The second-order valence-electron chi connectivity index (χ2n) is 5.04. The Bertz CT molecular complexity index is 397. The lowest BCUT2D eigenvalue weighted by atomic mass is 9.97. The van der Waals surface area contributed by atoms with Gasteiger partial charge in [-0.2, -0.15) is 0 Å². The standard InChI is InChI=1S/C15H22N2S/c1-2-5-13-6-3-4-11-17(13)14-9-7-12(8-10-14)15(16)18/h7-10,13H,2-6,11H2,1H3,(H2,16,18). The fourth-order valence-corrected chi connectivity index (χ4v) is 2.93. The summed E-state index contributed by atoms with van der Waals surface area (Å²) in [5.41, 5.74) is 7.90. The van der Waals surface area contributed by atoms with Crippen LogP contribution in [0, 0.1) is 0 Å². The molecule has 0 aromatic heterocycles. The smallest absolute Gasteiger partial charge is 0.103 e. The minimum Gasteiger partial charge on any atom is -0.389 e. The van der Waals surface area contributed by atoms with Crippen molar-refractivity contribution in [3.8, 4) is 0 Å². The third kappa shape index (κ3) is 3.02. The zero-order valence-corrected chi connectivity index (χ0v) is 11.9. The van der Waals surface area contributed by atoms with Crippen molar-refractivity contribution in [1.29, 1.82) is 0 Å². The van der Waals surface area contributed by atoms with Gasteiger partial charge in [-0.1, -0.05) is 25.6 Å². The highest BCUT2D eigenvalue weighted by Gasteiger charge is 2.21. The molecule has 2 rings (SSSR count). The van der Waals surface area contributed by atoms with Crippen molar-refractivity contribution in [3.05, 3.63) is 29.8 Å². The van der Waals surface area contributed by atoms with Crippen LogP contribution in [-0.2, 0) is 0 Å². The molecule has 1 aromatic rings. The van der Waals surface area contributed by atoms with Crippen LogP contribution in [0.25, 0.3) is 0 Å². The maximum atomic E-state index is 5.64. The second kappa shape index (κ2) is 6.19. The number of nitrogens with zero attached hydrogens (tertiary/aromatic N) is 1. The number of hydrogen-bond donors (Lipinski definition) is 1. The molecule has 98 valence electrons. The molecule has 3 heteroatoms. The van der Waals surface area contributed by atoms with Crippen LogP contribution in [0.15, 0.2) is 24.3 Å². The molecule has 1 aromatic carbocycles. The molecule has 2 nitrogen and oxygen atoms in total. The molecule has 1 unspecified atom stereocenters. The summed E-state index contributed by atoms with van der Waals surface area (Å²) in [6, 6.07) is 9.09. The molecule has 1 atom stereocenters. The first-order valence-corrected chi connectivity index (χ1v) is 7.29. The molecule has 1 heterocycles. The maximum absolute atomic E-state index is 5.64. The summed E-state index contributed by atoms with van der Waals surface area (Å²) in [6.45, 7) is 3.44. The van der Waals surface area contributed by atoms with E-state index in [4.69, 9.17) is 18.0 Å². The average Bonchev–Trinajstić information content (AvgIpc) is 2.40. The Kier molecular flexibility index (Phi) is 4.59. The van der Waals surface area contributed by atoms with Gasteiger partial charge in [-0.05, 0) is 49.9 Å². The summed E-state index contributed by atoms with van der Waals surface area (Å²) in [6.07, 6.45) is 6.54. The minimum absolute atomic E-state index is 0.477. The molecular weight excluding hydrogens is 240 g/mol. The van der Waals surface area contributed by atoms with E-state index in [0.29, 0.717) is 11.0 Å². The van der Waals surface area contributed by atoms with Gasteiger partial charge in [0.25, 0.3) is 0 Å². The normalized spacial score (nSPS) is 19.8. The third-order valence-corrected chi connectivity index (χ3v) is 3.97. The molecule has 1 fully saturated rings. The van der Waals surface area contributed by atoms with E-state index in [-0.39, 0.29) is 0 Å². The lowest BCUT2D eigenvalue weighted by molar-refractivity contribution is 0.435. The summed E-state index contributed by atoms with van der Waals surface area (Å²) in [5, 5.41) is 0. The monoisotopic (exact) mass is 262 g/mol. The Labute approximate surface area is 115 Å². The average molecular weight is 262 g/mol. The summed E-state index contributed by atoms with van der Waals surface area (Å²) >= 11 is 4.99. The Balaban J connectivity index is 2.15. The van der Waals surface area contributed by atoms with Crippen molar-refractivity contribution in [2.75, 3.05) is 11.4 Å². The molecule has 0 radical (unpaired) electrons. The molecular formula is C15H22N2S. The Morgan fingerprint density at radius 1 is 1.33 bits per heavy atom. The molecule has 0 aliphatic carbocycles. The van der Waals surface area contributed by atoms with Crippen LogP contribution < -0.4 is 10.6 Å². The van der Waals surface area contributed by atoms with E-state index < -0.39 is 0 Å². The topological polar surface area (TPSA) is 29.3 Å². The highest BCUT2D eigenvalue weighted by molar-refractivity contribution is 7.80. The van der Waals surface area contributed by atoms with Gasteiger partial charge in [0.2, 0.25) is 0 Å². The van der Waals surface area contributed by atoms with Crippen LogP contribution in [0.3, 0.4) is 0 Å². The van der Waals surface area contributed by atoms with Gasteiger partial charge in [0, 0.05) is 23.8 Å². The SMILES string of the molecule is CCCC1CCCCN1c1ccc(C(N)=S)cc1. The zero-order valence-electron chi connectivity index (χ0n) is 11.1. The molecule has 1 aliphatic rings. The van der Waals surface area contributed by atoms with Crippen molar-refractivity contribution in [2.24, 2.45) is 5.73 Å². The van der Waals surface area contributed by atoms with Gasteiger partial charge in [0.15, 0.2) is 0 Å². The van der Waals surface area contributed by atoms with Crippen LogP contribution >= 0.6 is 12.2 Å². The molecule has 18 heavy (non-hydrogen) atoms. The molecule has 0 spiro atoms. The first-order valence-electron chi connectivity index (χ1n) is 6.89. The molecule has 0 saturated carbocycles. The molecule has 2 N–H and O–H groups in total. The Morgan fingerprint density at radius 2 is 2.06 bits per heavy atom. The number of nitrogens with two attached hydrogens (primary N) is 1. The number of piperidine rings is 1. The fraction of sp³-hybridized carbons (Fsp3) is 0.533. The van der Waals surface area contributed by atoms with Crippen molar-refractivity contribution < 1.29 is 0 Å². The van der Waals surface area contributed by atoms with Crippen LogP contribution in [0.1, 0.15) is 44.6 Å². The van der Waals surface area contributed by atoms with E-state index in [1.54, 1.807) is 0 Å². The van der Waals surface area contributed by atoms with Gasteiger partial charge in [0.1, 0.15) is 4.99 Å². The number of anilines is 1. The van der Waals surface area contributed by atoms with E-state index in [1.807, 2.05) is 12.1 Å². The molecule has 1 aliphatic heterocycles. The number of rotatable bonds is 4. The van der Waals surface area contributed by atoms with Crippen LogP contribution in [0.2, 0.25) is 0 Å². The minimum atomic E-state index is 0.477. The van der Waals surface area contributed by atoms with Crippen molar-refractivity contribution >= 4 is 22.9 Å². The van der Waals surface area contributed by atoms with E-state index in [0.717, 1.165) is 5.56 Å². The van der Waals surface area contributed by atoms with Crippen molar-refractivity contribution in [3.63, 3.8) is 0 Å². The zero-order chi connectivity index (χ0) is 13.0. The number of benzene rings is 1. The van der Waals surface area contributed by atoms with E-state index in [9.17, 15) is 0 Å². The third-order valence-electron chi connectivity index (χ3n) is 3.73. The molecule has 0 amide bonds. The van der Waals surface area contributed by atoms with Gasteiger partial charge in [0.05, 0.1) is 0 Å². The lowest BCUT2D eigenvalue weighted by Gasteiger charge is -2.37. The lowest BCUT2D eigenvalue weighted by Crippen LogP contribution is -2.39. The summed E-state index contributed by atoms with van der Waals surface area (Å²) in [4.78, 5) is 3.03. The predicted octanol–water partition coefficient (Wildman–Crippen LogP) is 3.48. The summed E-state index contributed by atoms with van der Waals surface area (Å²) in [7, 11) is 0. The molecule has 0 bridgehead atoms. The maximum Gasteiger partial charge on any atom is 0.103 e. The number of hydrogen-bond acceptors (Lipinski definition) is 2. The first-order chi connectivity index (χ1) is 8.72. The van der Waals surface area contributed by atoms with E-state index in [1.165, 1.54) is 44.3 Å². The van der Waals surface area contributed by atoms with E-state index in [2.05, 4.69) is 24.0 Å². The summed E-state index contributed by atoms with van der Waals surface area (Å²) < 4.78 is 0. The summed E-state index contributed by atoms with van der Waals surface area (Å²) in [5.74, 6) is 0. The van der Waals surface area contributed by atoms with Gasteiger partial charge >= 0.3 is 0 Å².